The van der Waals surface area contributed by atoms with E-state index in [0.29, 0.717) is 6.61 Å². The van der Waals surface area contributed by atoms with Gasteiger partial charge < -0.3 is 10.1 Å². The van der Waals surface area contributed by atoms with Crippen molar-refractivity contribution in [2.75, 3.05) is 13.2 Å². The van der Waals surface area contributed by atoms with Crippen molar-refractivity contribution >= 4 is 0 Å². The number of benzene rings is 1. The lowest BCUT2D eigenvalue weighted by molar-refractivity contribution is 0.362. The number of hydrogen-bond acceptors (Lipinski definition) is 2. The Morgan fingerprint density at radius 2 is 2.17 bits per heavy atom. The lowest BCUT2D eigenvalue weighted by atomic mass is 10.2. The van der Waals surface area contributed by atoms with E-state index in [9.17, 15) is 0 Å². The Labute approximate surface area is 111 Å². The van der Waals surface area contributed by atoms with Crippen LogP contribution < -0.4 is 10.1 Å². The number of rotatable bonds is 10. The second-order valence-electron chi connectivity index (χ2n) is 4.48. The fourth-order valence-corrected chi connectivity index (χ4v) is 1.81. The zero-order valence-corrected chi connectivity index (χ0v) is 11.5. The van der Waals surface area contributed by atoms with Crippen LogP contribution in [0, 0.1) is 0 Å². The van der Waals surface area contributed by atoms with Crippen LogP contribution in [0.2, 0.25) is 0 Å². The highest BCUT2D eigenvalue weighted by atomic mass is 16.5. The van der Waals surface area contributed by atoms with E-state index in [1.165, 1.54) is 31.2 Å². The van der Waals surface area contributed by atoms with Gasteiger partial charge in [-0.15, -0.1) is 0 Å². The molecule has 0 saturated heterocycles. The first-order valence-corrected chi connectivity index (χ1v) is 6.90. The molecule has 0 fully saturated rings. The molecule has 0 spiro atoms. The molecule has 1 rings (SSSR count). The first kappa shape index (κ1) is 14.8. The number of ether oxygens (including phenoxy) is 1. The molecule has 0 aliphatic heterocycles. The van der Waals surface area contributed by atoms with Crippen molar-refractivity contribution in [3.8, 4) is 5.75 Å². The predicted molar refractivity (Wildman–Crippen MR) is 78.0 cm³/mol. The summed E-state index contributed by atoms with van der Waals surface area (Å²) in [5.41, 5.74) is 1.27. The molecule has 18 heavy (non-hydrogen) atoms. The van der Waals surface area contributed by atoms with Crippen molar-refractivity contribution in [3.63, 3.8) is 0 Å². The molecule has 0 aliphatic carbocycles. The maximum absolute atomic E-state index is 5.51. The van der Waals surface area contributed by atoms with Crippen LogP contribution in [0.4, 0.5) is 0 Å². The molecule has 0 atom stereocenters. The highest BCUT2D eigenvalue weighted by Gasteiger charge is 1.96. The second-order valence-corrected chi connectivity index (χ2v) is 4.48. The fraction of sp³-hybridized carbons (Fsp3) is 0.500. The van der Waals surface area contributed by atoms with Gasteiger partial charge in [-0.1, -0.05) is 51.0 Å². The van der Waals surface area contributed by atoms with Gasteiger partial charge in [0.2, 0.25) is 0 Å². The Morgan fingerprint density at radius 3 is 2.94 bits per heavy atom. The van der Waals surface area contributed by atoms with Crippen molar-refractivity contribution in [2.45, 2.75) is 39.2 Å². The first-order valence-electron chi connectivity index (χ1n) is 6.90. The van der Waals surface area contributed by atoms with E-state index in [0.717, 1.165) is 18.8 Å². The standard InChI is InChI=1S/C16H25NO/c1-3-5-6-7-11-17-14-15-9-8-10-16(13-15)18-12-4-2/h4,8-10,13,17H,2-3,5-7,11-12,14H2,1H3. The number of hydrogen-bond donors (Lipinski definition) is 1. The molecule has 1 N–H and O–H groups in total. The molecule has 100 valence electrons. The van der Waals surface area contributed by atoms with Gasteiger partial charge in [-0.2, -0.15) is 0 Å². The molecule has 0 amide bonds. The molecule has 2 nitrogen and oxygen atoms in total. The molecule has 0 aromatic heterocycles. The highest BCUT2D eigenvalue weighted by molar-refractivity contribution is 5.28. The van der Waals surface area contributed by atoms with Gasteiger partial charge in [0.15, 0.2) is 0 Å². The van der Waals surface area contributed by atoms with Crippen LogP contribution in [0.1, 0.15) is 38.2 Å². The van der Waals surface area contributed by atoms with Crippen molar-refractivity contribution in [1.29, 1.82) is 0 Å². The summed E-state index contributed by atoms with van der Waals surface area (Å²) in [5, 5.41) is 3.47. The zero-order valence-electron chi connectivity index (χ0n) is 11.5. The van der Waals surface area contributed by atoms with Gasteiger partial charge in [0.1, 0.15) is 12.4 Å². The van der Waals surface area contributed by atoms with Crippen LogP contribution in [0.25, 0.3) is 0 Å². The predicted octanol–water partition coefficient (Wildman–Crippen LogP) is 3.92. The summed E-state index contributed by atoms with van der Waals surface area (Å²) in [7, 11) is 0. The third-order valence-electron chi connectivity index (χ3n) is 2.80. The zero-order chi connectivity index (χ0) is 13.1. The number of nitrogens with one attached hydrogen (secondary N) is 1. The molecular formula is C16H25NO. The SMILES string of the molecule is C=CCOc1cccc(CNCCCCCC)c1. The summed E-state index contributed by atoms with van der Waals surface area (Å²) in [5.74, 6) is 0.917. The molecular weight excluding hydrogens is 222 g/mol. The van der Waals surface area contributed by atoms with E-state index < -0.39 is 0 Å². The van der Waals surface area contributed by atoms with Gasteiger partial charge in [0.25, 0.3) is 0 Å². The molecule has 1 aromatic rings. The average Bonchev–Trinajstić information content (AvgIpc) is 2.41. The van der Waals surface area contributed by atoms with E-state index in [1.807, 2.05) is 12.1 Å². The summed E-state index contributed by atoms with van der Waals surface area (Å²) in [6, 6.07) is 8.23. The molecule has 0 radical (unpaired) electrons. The largest absolute Gasteiger partial charge is 0.490 e. The Hall–Kier alpha value is -1.28. The van der Waals surface area contributed by atoms with Crippen LogP contribution in [-0.4, -0.2) is 13.2 Å². The van der Waals surface area contributed by atoms with Crippen LogP contribution in [0.15, 0.2) is 36.9 Å². The summed E-state index contributed by atoms with van der Waals surface area (Å²) < 4.78 is 5.51. The van der Waals surface area contributed by atoms with Crippen LogP contribution in [-0.2, 0) is 6.54 Å². The quantitative estimate of drug-likeness (QED) is 0.500. The van der Waals surface area contributed by atoms with Crippen LogP contribution in [0.5, 0.6) is 5.75 Å². The van der Waals surface area contributed by atoms with Gasteiger partial charge >= 0.3 is 0 Å². The van der Waals surface area contributed by atoms with Gasteiger partial charge in [0.05, 0.1) is 0 Å². The molecule has 0 bridgehead atoms. The van der Waals surface area contributed by atoms with Crippen molar-refractivity contribution in [3.05, 3.63) is 42.5 Å². The van der Waals surface area contributed by atoms with E-state index in [4.69, 9.17) is 4.74 Å². The summed E-state index contributed by atoms with van der Waals surface area (Å²) >= 11 is 0. The van der Waals surface area contributed by atoms with E-state index >= 15 is 0 Å². The van der Waals surface area contributed by atoms with Crippen molar-refractivity contribution in [2.24, 2.45) is 0 Å². The topological polar surface area (TPSA) is 21.3 Å². The molecule has 0 aliphatic rings. The average molecular weight is 247 g/mol. The summed E-state index contributed by atoms with van der Waals surface area (Å²) in [6.45, 7) is 8.46. The lowest BCUT2D eigenvalue weighted by Gasteiger charge is -2.07. The maximum atomic E-state index is 5.51. The molecule has 0 saturated carbocycles. The molecule has 2 heteroatoms. The summed E-state index contributed by atoms with van der Waals surface area (Å²) in [4.78, 5) is 0. The Kier molecular flexibility index (Phi) is 7.98. The van der Waals surface area contributed by atoms with Gasteiger partial charge in [-0.05, 0) is 30.7 Å². The van der Waals surface area contributed by atoms with E-state index in [1.54, 1.807) is 6.08 Å². The second kappa shape index (κ2) is 9.72. The lowest BCUT2D eigenvalue weighted by Crippen LogP contribution is -2.14. The smallest absolute Gasteiger partial charge is 0.120 e. The number of unbranched alkanes of at least 4 members (excludes halogenated alkanes) is 3. The minimum atomic E-state index is 0.563. The van der Waals surface area contributed by atoms with Gasteiger partial charge in [-0.3, -0.25) is 0 Å². The third-order valence-corrected chi connectivity index (χ3v) is 2.80. The highest BCUT2D eigenvalue weighted by Crippen LogP contribution is 2.13. The Balaban J connectivity index is 2.22. The van der Waals surface area contributed by atoms with Crippen molar-refractivity contribution in [1.82, 2.24) is 5.32 Å². The normalized spacial score (nSPS) is 10.3. The van der Waals surface area contributed by atoms with Crippen molar-refractivity contribution < 1.29 is 4.74 Å². The first-order chi connectivity index (χ1) is 8.86. The van der Waals surface area contributed by atoms with Gasteiger partial charge in [0, 0.05) is 6.54 Å². The molecule has 1 aromatic carbocycles. The van der Waals surface area contributed by atoms with E-state index in [-0.39, 0.29) is 0 Å². The van der Waals surface area contributed by atoms with E-state index in [2.05, 4.69) is 31.0 Å². The van der Waals surface area contributed by atoms with Crippen LogP contribution >= 0.6 is 0 Å². The minimum Gasteiger partial charge on any atom is -0.490 e. The Morgan fingerprint density at radius 1 is 1.28 bits per heavy atom. The van der Waals surface area contributed by atoms with Gasteiger partial charge in [-0.25, -0.2) is 0 Å². The molecule has 0 heterocycles. The Bertz CT molecular complexity index is 336. The third kappa shape index (κ3) is 6.45. The fourth-order valence-electron chi connectivity index (χ4n) is 1.81. The summed E-state index contributed by atoms with van der Waals surface area (Å²) in [6.07, 6.45) is 6.99. The minimum absolute atomic E-state index is 0.563. The van der Waals surface area contributed by atoms with Crippen LogP contribution in [0.3, 0.4) is 0 Å². The maximum Gasteiger partial charge on any atom is 0.120 e. The monoisotopic (exact) mass is 247 g/mol. The molecule has 0 unspecified atom stereocenters.